The highest BCUT2D eigenvalue weighted by atomic mass is 15.5. The lowest BCUT2D eigenvalue weighted by Crippen LogP contribution is -2.34. The summed E-state index contributed by atoms with van der Waals surface area (Å²) in [6.07, 6.45) is 4.01. The van der Waals surface area contributed by atoms with Crippen molar-refractivity contribution in [2.75, 3.05) is 6.54 Å². The maximum Gasteiger partial charge on any atom is 0.188 e. The second kappa shape index (κ2) is 4.10. The average Bonchev–Trinajstić information content (AvgIpc) is 2.85. The number of H-pyrrole nitrogens is 1. The van der Waals surface area contributed by atoms with E-state index in [0.717, 1.165) is 17.9 Å². The van der Waals surface area contributed by atoms with Gasteiger partial charge in [-0.25, -0.2) is 0 Å². The summed E-state index contributed by atoms with van der Waals surface area (Å²) in [4.78, 5) is 2.63. The van der Waals surface area contributed by atoms with E-state index < -0.39 is 0 Å². The van der Waals surface area contributed by atoms with Crippen molar-refractivity contribution < 1.29 is 0 Å². The molecule has 2 atom stereocenters. The van der Waals surface area contributed by atoms with Crippen LogP contribution in [-0.4, -0.2) is 50.2 Å². The van der Waals surface area contributed by atoms with Gasteiger partial charge in [0.2, 0.25) is 0 Å². The van der Waals surface area contributed by atoms with Crippen LogP contribution < -0.4 is 5.32 Å². The molecule has 16 heavy (non-hydrogen) atoms. The molecule has 2 unspecified atom stereocenters. The van der Waals surface area contributed by atoms with Crippen LogP contribution in [0.15, 0.2) is 0 Å². The van der Waals surface area contributed by atoms with E-state index in [9.17, 15) is 0 Å². The van der Waals surface area contributed by atoms with Gasteiger partial charge in [-0.05, 0) is 26.2 Å². The zero-order chi connectivity index (χ0) is 11.0. The van der Waals surface area contributed by atoms with E-state index in [0.29, 0.717) is 12.6 Å². The molecule has 0 bridgehead atoms. The zero-order valence-electron chi connectivity index (χ0n) is 9.56. The molecule has 2 heterocycles. The molecule has 6 nitrogen and oxygen atoms in total. The third-order valence-electron chi connectivity index (χ3n) is 3.58. The van der Waals surface area contributed by atoms with Gasteiger partial charge in [0, 0.05) is 24.7 Å². The largest absolute Gasteiger partial charge is 0.306 e. The number of likely N-dealkylation sites (tertiary alicyclic amines) is 1. The smallest absolute Gasteiger partial charge is 0.188 e. The highest BCUT2D eigenvalue weighted by Gasteiger charge is 2.38. The first kappa shape index (κ1) is 10.2. The first-order valence-electron chi connectivity index (χ1n) is 6.04. The first-order chi connectivity index (χ1) is 7.83. The highest BCUT2D eigenvalue weighted by molar-refractivity contribution is 4.96. The minimum Gasteiger partial charge on any atom is -0.306 e. The molecule has 0 amide bonds. The number of hydrogen-bond donors (Lipinski definition) is 2. The molecular formula is C10H18N6. The summed E-state index contributed by atoms with van der Waals surface area (Å²) in [5.41, 5.74) is 0. The molecule has 1 saturated heterocycles. The van der Waals surface area contributed by atoms with Crippen LogP contribution in [0.2, 0.25) is 0 Å². The average molecular weight is 222 g/mol. The molecule has 2 N–H and O–H groups in total. The second-order valence-electron chi connectivity index (χ2n) is 4.92. The van der Waals surface area contributed by atoms with Crippen LogP contribution in [0.25, 0.3) is 0 Å². The van der Waals surface area contributed by atoms with Gasteiger partial charge in [0.25, 0.3) is 0 Å². The van der Waals surface area contributed by atoms with Crippen LogP contribution in [0.1, 0.15) is 32.0 Å². The molecular weight excluding hydrogens is 204 g/mol. The summed E-state index contributed by atoms with van der Waals surface area (Å²) >= 11 is 0. The minimum absolute atomic E-state index is 0.578. The molecule has 1 aliphatic carbocycles. The van der Waals surface area contributed by atoms with Crippen molar-refractivity contribution in [3.63, 3.8) is 0 Å². The Balaban J connectivity index is 1.49. The molecule has 1 aromatic heterocycles. The van der Waals surface area contributed by atoms with Crippen LogP contribution in [0, 0.1) is 0 Å². The van der Waals surface area contributed by atoms with Crippen molar-refractivity contribution in [3.05, 3.63) is 5.82 Å². The van der Waals surface area contributed by atoms with Crippen molar-refractivity contribution >= 4 is 0 Å². The molecule has 1 aliphatic heterocycles. The van der Waals surface area contributed by atoms with E-state index in [2.05, 4.69) is 37.8 Å². The number of nitrogens with zero attached hydrogens (tertiary/aromatic N) is 4. The fourth-order valence-electron chi connectivity index (χ4n) is 2.61. The van der Waals surface area contributed by atoms with Gasteiger partial charge in [0.15, 0.2) is 5.82 Å². The summed E-state index contributed by atoms with van der Waals surface area (Å²) in [6, 6.07) is 2.16. The molecule has 1 aromatic rings. The van der Waals surface area contributed by atoms with Gasteiger partial charge in [0.1, 0.15) is 0 Å². The van der Waals surface area contributed by atoms with Crippen molar-refractivity contribution in [1.29, 1.82) is 0 Å². The van der Waals surface area contributed by atoms with Crippen molar-refractivity contribution in [3.8, 4) is 0 Å². The maximum atomic E-state index is 3.94. The Hall–Kier alpha value is -1.01. The van der Waals surface area contributed by atoms with Gasteiger partial charge >= 0.3 is 0 Å². The SMILES string of the molecule is CC1CC(NCc2nn[nH]n2)CN1C1CC1. The van der Waals surface area contributed by atoms with Crippen molar-refractivity contribution in [2.45, 2.75) is 50.9 Å². The van der Waals surface area contributed by atoms with Gasteiger partial charge in [-0.1, -0.05) is 5.21 Å². The van der Waals surface area contributed by atoms with E-state index in [-0.39, 0.29) is 0 Å². The highest BCUT2D eigenvalue weighted by Crippen LogP contribution is 2.33. The summed E-state index contributed by atoms with van der Waals surface area (Å²) in [5, 5.41) is 17.4. The Labute approximate surface area is 94.8 Å². The van der Waals surface area contributed by atoms with Crippen LogP contribution in [0.5, 0.6) is 0 Å². The first-order valence-corrected chi connectivity index (χ1v) is 6.04. The second-order valence-corrected chi connectivity index (χ2v) is 4.92. The Morgan fingerprint density at radius 2 is 2.38 bits per heavy atom. The summed E-state index contributed by atoms with van der Waals surface area (Å²) in [6.45, 7) is 4.21. The van der Waals surface area contributed by atoms with Crippen molar-refractivity contribution in [1.82, 2.24) is 30.8 Å². The van der Waals surface area contributed by atoms with Gasteiger partial charge in [0.05, 0.1) is 6.54 Å². The van der Waals surface area contributed by atoms with Gasteiger partial charge < -0.3 is 5.32 Å². The van der Waals surface area contributed by atoms with Crippen LogP contribution >= 0.6 is 0 Å². The molecule has 0 aromatic carbocycles. The topological polar surface area (TPSA) is 69.7 Å². The lowest BCUT2D eigenvalue weighted by atomic mass is 10.2. The molecule has 88 valence electrons. The summed E-state index contributed by atoms with van der Waals surface area (Å²) < 4.78 is 0. The fraction of sp³-hybridized carbons (Fsp3) is 0.900. The number of hydrogen-bond acceptors (Lipinski definition) is 5. The number of aromatic nitrogens is 4. The molecule has 3 rings (SSSR count). The number of aromatic amines is 1. The molecule has 0 spiro atoms. The predicted molar refractivity (Wildman–Crippen MR) is 58.6 cm³/mol. The van der Waals surface area contributed by atoms with E-state index in [1.807, 2.05) is 0 Å². The number of nitrogens with one attached hydrogen (secondary N) is 2. The van der Waals surface area contributed by atoms with Crippen LogP contribution in [0.3, 0.4) is 0 Å². The van der Waals surface area contributed by atoms with Gasteiger partial charge in [-0.2, -0.15) is 5.21 Å². The van der Waals surface area contributed by atoms with Crippen LogP contribution in [0.4, 0.5) is 0 Å². The normalized spacial score (nSPS) is 31.1. The molecule has 6 heteroatoms. The lowest BCUT2D eigenvalue weighted by molar-refractivity contribution is 0.255. The molecule has 2 fully saturated rings. The third kappa shape index (κ3) is 2.08. The van der Waals surface area contributed by atoms with Gasteiger partial charge in [-0.3, -0.25) is 4.90 Å². The monoisotopic (exact) mass is 222 g/mol. The zero-order valence-corrected chi connectivity index (χ0v) is 9.56. The van der Waals surface area contributed by atoms with E-state index in [1.54, 1.807) is 0 Å². The molecule has 0 radical (unpaired) electrons. The standard InChI is InChI=1S/C10H18N6/c1-7-4-8(6-16(7)9-2-3-9)11-5-10-12-14-15-13-10/h7-9,11H,2-6H2,1H3,(H,12,13,14,15). The Morgan fingerprint density at radius 3 is 3.06 bits per heavy atom. The van der Waals surface area contributed by atoms with E-state index in [1.165, 1.54) is 25.8 Å². The Kier molecular flexibility index (Phi) is 2.61. The number of rotatable bonds is 4. The molecule has 2 aliphatic rings. The van der Waals surface area contributed by atoms with Crippen molar-refractivity contribution in [2.24, 2.45) is 0 Å². The Bertz CT molecular complexity index is 333. The minimum atomic E-state index is 0.578. The van der Waals surface area contributed by atoms with Gasteiger partial charge in [-0.15, -0.1) is 10.2 Å². The van der Waals surface area contributed by atoms with E-state index in [4.69, 9.17) is 0 Å². The molecule has 1 saturated carbocycles. The summed E-state index contributed by atoms with van der Waals surface area (Å²) in [7, 11) is 0. The maximum absolute atomic E-state index is 3.94. The van der Waals surface area contributed by atoms with E-state index >= 15 is 0 Å². The lowest BCUT2D eigenvalue weighted by Gasteiger charge is -2.19. The quantitative estimate of drug-likeness (QED) is 0.745. The summed E-state index contributed by atoms with van der Waals surface area (Å²) in [5.74, 6) is 0.748. The predicted octanol–water partition coefficient (Wildman–Crippen LogP) is -0.0855. The third-order valence-corrected chi connectivity index (χ3v) is 3.58. The Morgan fingerprint density at radius 1 is 1.50 bits per heavy atom. The van der Waals surface area contributed by atoms with Crippen LogP contribution in [-0.2, 0) is 6.54 Å². The number of tetrazole rings is 1. The fourth-order valence-corrected chi connectivity index (χ4v) is 2.61.